The smallest absolute Gasteiger partial charge is 0.326 e. The highest BCUT2D eigenvalue weighted by molar-refractivity contribution is 5.83. The van der Waals surface area contributed by atoms with Crippen molar-refractivity contribution in [2.75, 3.05) is 6.54 Å². The average molecular weight is 805 g/mol. The van der Waals surface area contributed by atoms with Gasteiger partial charge in [0.2, 0.25) is 5.91 Å². The molecule has 0 heterocycles. The van der Waals surface area contributed by atoms with Crippen LogP contribution in [0.5, 0.6) is 0 Å². The molecule has 0 aliphatic rings. The number of carbonyl (C=O) groups is 3. The molecule has 0 rings (SSSR count). The van der Waals surface area contributed by atoms with Gasteiger partial charge in [-0.2, -0.15) is 0 Å². The second kappa shape index (κ2) is 44.4. The van der Waals surface area contributed by atoms with Gasteiger partial charge >= 0.3 is 11.9 Å². The molecule has 2 atom stereocenters. The molecular weight excluding hydrogens is 721 g/mol. The van der Waals surface area contributed by atoms with Gasteiger partial charge in [-0.05, 0) is 122 Å². The van der Waals surface area contributed by atoms with Crippen LogP contribution in [0.1, 0.15) is 187 Å². The summed E-state index contributed by atoms with van der Waals surface area (Å²) >= 11 is 0. The first-order valence-corrected chi connectivity index (χ1v) is 23.1. The third-order valence-corrected chi connectivity index (χ3v) is 9.62. The Balaban J connectivity index is 4.27. The molecule has 7 nitrogen and oxygen atoms in total. The summed E-state index contributed by atoms with van der Waals surface area (Å²) in [6.45, 7) is 4.78. The van der Waals surface area contributed by atoms with Crippen LogP contribution in [-0.4, -0.2) is 41.6 Å². The number of esters is 1. The lowest BCUT2D eigenvalue weighted by molar-refractivity contribution is -0.147. The Morgan fingerprint density at radius 2 is 1.00 bits per heavy atom. The number of hydrogen-bond acceptors (Lipinski definition) is 5. The number of unbranched alkanes of at least 4 members (excludes halogenated alkanes) is 12. The van der Waals surface area contributed by atoms with Crippen LogP contribution in [0.4, 0.5) is 0 Å². The molecule has 2 unspecified atom stereocenters. The number of carboxylic acids is 1. The van der Waals surface area contributed by atoms with Crippen molar-refractivity contribution in [1.29, 1.82) is 0 Å². The summed E-state index contributed by atoms with van der Waals surface area (Å²) in [7, 11) is 0. The van der Waals surface area contributed by atoms with Crippen molar-refractivity contribution in [2.24, 2.45) is 5.73 Å². The minimum atomic E-state index is -1.01. The summed E-state index contributed by atoms with van der Waals surface area (Å²) in [5.41, 5.74) is 5.48. The molecule has 0 aromatic heterocycles. The lowest BCUT2D eigenvalue weighted by Crippen LogP contribution is -2.40. The number of carbonyl (C=O) groups excluding carboxylic acids is 2. The van der Waals surface area contributed by atoms with Crippen LogP contribution < -0.4 is 11.1 Å². The van der Waals surface area contributed by atoms with E-state index in [2.05, 4.69) is 116 Å². The van der Waals surface area contributed by atoms with Crippen LogP contribution in [0.2, 0.25) is 0 Å². The van der Waals surface area contributed by atoms with Crippen molar-refractivity contribution in [3.63, 3.8) is 0 Å². The van der Waals surface area contributed by atoms with Gasteiger partial charge in [-0.25, -0.2) is 4.79 Å². The normalized spacial score (nSPS) is 13.6. The Kier molecular flexibility index (Phi) is 41.6. The fraction of sp³-hybridized carbons (Fsp3) is 0.627. The summed E-state index contributed by atoms with van der Waals surface area (Å²) in [4.78, 5) is 36.3. The van der Waals surface area contributed by atoms with E-state index in [1.54, 1.807) is 0 Å². The fourth-order valence-corrected chi connectivity index (χ4v) is 6.17. The van der Waals surface area contributed by atoms with E-state index in [1.165, 1.54) is 19.3 Å². The van der Waals surface area contributed by atoms with Gasteiger partial charge in [0.15, 0.2) is 0 Å². The van der Waals surface area contributed by atoms with E-state index in [1.807, 2.05) is 0 Å². The van der Waals surface area contributed by atoms with Crippen LogP contribution >= 0.6 is 0 Å². The fourth-order valence-electron chi connectivity index (χ4n) is 6.17. The van der Waals surface area contributed by atoms with Crippen LogP contribution in [0.3, 0.4) is 0 Å². The monoisotopic (exact) mass is 805 g/mol. The molecule has 0 saturated carbocycles. The summed E-state index contributed by atoms with van der Waals surface area (Å²) in [5.74, 6) is -1.33. The van der Waals surface area contributed by atoms with Gasteiger partial charge in [-0.1, -0.05) is 156 Å². The van der Waals surface area contributed by atoms with E-state index in [-0.39, 0.29) is 18.0 Å². The van der Waals surface area contributed by atoms with Gasteiger partial charge in [-0.15, -0.1) is 0 Å². The van der Waals surface area contributed by atoms with E-state index in [0.717, 1.165) is 128 Å². The molecule has 58 heavy (non-hydrogen) atoms. The first-order chi connectivity index (χ1) is 28.4. The lowest BCUT2D eigenvalue weighted by Gasteiger charge is -2.15. The number of ether oxygens (including phenoxy) is 1. The molecular formula is C51H84N2O5. The third-order valence-electron chi connectivity index (χ3n) is 9.62. The minimum absolute atomic E-state index is 0.104. The number of carboxylic acid groups (broad SMARTS) is 1. The van der Waals surface area contributed by atoms with Gasteiger partial charge in [0.1, 0.15) is 12.1 Å². The third kappa shape index (κ3) is 40.5. The van der Waals surface area contributed by atoms with Crippen molar-refractivity contribution in [3.05, 3.63) is 97.2 Å². The quantitative estimate of drug-likeness (QED) is 0.0322. The molecule has 0 fully saturated rings. The van der Waals surface area contributed by atoms with Crippen LogP contribution in [0, 0.1) is 0 Å². The molecule has 0 spiro atoms. The topological polar surface area (TPSA) is 119 Å². The predicted molar refractivity (Wildman–Crippen MR) is 248 cm³/mol. The van der Waals surface area contributed by atoms with E-state index < -0.39 is 12.0 Å². The highest BCUT2D eigenvalue weighted by Gasteiger charge is 2.18. The Labute approximate surface area is 355 Å². The van der Waals surface area contributed by atoms with Gasteiger partial charge in [-0.3, -0.25) is 9.59 Å². The van der Waals surface area contributed by atoms with E-state index in [9.17, 15) is 19.5 Å². The zero-order valence-corrected chi connectivity index (χ0v) is 36.8. The zero-order chi connectivity index (χ0) is 42.4. The molecule has 7 heteroatoms. The molecule has 0 bridgehead atoms. The Hall–Kier alpha value is -3.71. The molecule has 4 N–H and O–H groups in total. The van der Waals surface area contributed by atoms with E-state index >= 15 is 0 Å². The van der Waals surface area contributed by atoms with Crippen LogP contribution in [0.25, 0.3) is 0 Å². The standard InChI is InChI=1S/C51H84N2O5/c1-3-5-7-9-11-13-14-15-16-17-18-19-20-21-22-23-24-25-26-27-29-35-39-45-50(55)58-47(41-36-32-28-12-10-8-6-4-2)42-37-33-30-31-34-38-44-49(54)53-48(51(56)57)43-40-46-52/h5,7,11-13,15-16,18-19,21-22,24-25,28,36,41,47-48H,3-4,6,8-10,14,17,20,23,26-27,29-35,37-40,42-46,52H2,1-2H3,(H,53,54)(H,56,57)/b7-5-,13-11-,16-15-,19-18-,22-21-,25-24-,28-12-,41-36-. The van der Waals surface area contributed by atoms with Crippen molar-refractivity contribution in [2.45, 2.75) is 199 Å². The Morgan fingerprint density at radius 1 is 0.534 bits per heavy atom. The van der Waals surface area contributed by atoms with Gasteiger partial charge in [0.05, 0.1) is 0 Å². The summed E-state index contributed by atoms with van der Waals surface area (Å²) in [5, 5.41) is 11.9. The second-order valence-corrected chi connectivity index (χ2v) is 15.1. The number of allylic oxidation sites excluding steroid dienone is 15. The molecule has 328 valence electrons. The molecule has 0 aliphatic heterocycles. The highest BCUT2D eigenvalue weighted by atomic mass is 16.5. The predicted octanol–water partition coefficient (Wildman–Crippen LogP) is 13.4. The molecule has 1 amide bonds. The maximum absolute atomic E-state index is 12.8. The molecule has 0 saturated heterocycles. The number of hydrogen-bond donors (Lipinski definition) is 3. The zero-order valence-electron chi connectivity index (χ0n) is 36.8. The van der Waals surface area contributed by atoms with Crippen molar-refractivity contribution in [3.8, 4) is 0 Å². The molecule has 0 aromatic rings. The Morgan fingerprint density at radius 3 is 1.53 bits per heavy atom. The molecule has 0 aromatic carbocycles. The largest absolute Gasteiger partial charge is 0.480 e. The van der Waals surface area contributed by atoms with E-state index in [4.69, 9.17) is 10.5 Å². The number of amides is 1. The first kappa shape index (κ1) is 54.3. The highest BCUT2D eigenvalue weighted by Crippen LogP contribution is 2.15. The van der Waals surface area contributed by atoms with E-state index in [0.29, 0.717) is 32.2 Å². The van der Waals surface area contributed by atoms with Crippen molar-refractivity contribution >= 4 is 17.8 Å². The second-order valence-electron chi connectivity index (χ2n) is 15.1. The molecule has 0 radical (unpaired) electrons. The van der Waals surface area contributed by atoms with Crippen molar-refractivity contribution < 1.29 is 24.2 Å². The average Bonchev–Trinajstić information content (AvgIpc) is 3.21. The van der Waals surface area contributed by atoms with Gasteiger partial charge in [0.25, 0.3) is 0 Å². The van der Waals surface area contributed by atoms with Crippen LogP contribution in [0.15, 0.2) is 97.2 Å². The Bertz CT molecular complexity index is 1230. The van der Waals surface area contributed by atoms with Crippen molar-refractivity contribution in [1.82, 2.24) is 5.32 Å². The summed E-state index contributed by atoms with van der Waals surface area (Å²) in [6, 6.07) is -0.862. The lowest BCUT2D eigenvalue weighted by atomic mass is 10.0. The van der Waals surface area contributed by atoms with Gasteiger partial charge < -0.3 is 20.9 Å². The first-order valence-electron chi connectivity index (χ1n) is 23.1. The SMILES string of the molecule is CC/C=C\C/C=C\C/C=C\C/C=C\C/C=C\C/C=C\CCCCCCC(=O)OC(/C=C\C/C=C\CCCCC)CCCCCCCCC(=O)NC(CCCN)C(=O)O. The number of nitrogens with one attached hydrogen (secondary N) is 1. The number of aliphatic carboxylic acids is 1. The van der Waals surface area contributed by atoms with Gasteiger partial charge in [0, 0.05) is 12.8 Å². The molecule has 0 aliphatic carbocycles. The minimum Gasteiger partial charge on any atom is -0.480 e. The number of nitrogens with two attached hydrogens (primary N) is 1. The number of rotatable bonds is 40. The van der Waals surface area contributed by atoms with Crippen LogP contribution in [-0.2, 0) is 19.1 Å². The maximum Gasteiger partial charge on any atom is 0.326 e. The summed E-state index contributed by atoms with van der Waals surface area (Å²) in [6.07, 6.45) is 60.5. The maximum atomic E-state index is 12.8. The summed E-state index contributed by atoms with van der Waals surface area (Å²) < 4.78 is 5.93.